The molecule has 0 fully saturated rings. The largest absolute Gasteiger partial charge is 0.497 e. The quantitative estimate of drug-likeness (QED) is 0.557. The highest BCUT2D eigenvalue weighted by molar-refractivity contribution is 6.84. The standard InChI is InChI=1S/C14H18OSi/c1-12(10-11-16(3,4)5)13-6-8-14(15-2)9-7-13/h6-9H,1H2,2-5H3. The van der Waals surface area contributed by atoms with Gasteiger partial charge >= 0.3 is 0 Å². The van der Waals surface area contributed by atoms with Gasteiger partial charge in [-0.1, -0.05) is 44.3 Å². The van der Waals surface area contributed by atoms with Crippen molar-refractivity contribution in [2.45, 2.75) is 19.6 Å². The monoisotopic (exact) mass is 230 g/mol. The van der Waals surface area contributed by atoms with Gasteiger partial charge in [-0.2, -0.15) is 0 Å². The first-order valence-corrected chi connectivity index (χ1v) is 8.79. The van der Waals surface area contributed by atoms with Gasteiger partial charge in [-0.25, -0.2) is 0 Å². The smallest absolute Gasteiger partial charge is 0.129 e. The van der Waals surface area contributed by atoms with Crippen LogP contribution in [0.25, 0.3) is 5.57 Å². The van der Waals surface area contributed by atoms with E-state index in [9.17, 15) is 0 Å². The summed E-state index contributed by atoms with van der Waals surface area (Å²) in [6.45, 7) is 10.7. The van der Waals surface area contributed by atoms with Crippen LogP contribution in [-0.4, -0.2) is 15.2 Å². The maximum Gasteiger partial charge on any atom is 0.129 e. The average Bonchev–Trinajstić information content (AvgIpc) is 2.25. The Balaban J connectivity index is 2.84. The summed E-state index contributed by atoms with van der Waals surface area (Å²) in [5.41, 5.74) is 5.25. The molecule has 0 bridgehead atoms. The molecule has 1 nitrogen and oxygen atoms in total. The third-order valence-electron chi connectivity index (χ3n) is 2.03. The van der Waals surface area contributed by atoms with E-state index < -0.39 is 8.07 Å². The van der Waals surface area contributed by atoms with E-state index in [0.717, 1.165) is 16.9 Å². The highest BCUT2D eigenvalue weighted by Gasteiger charge is 2.07. The molecule has 0 radical (unpaired) electrons. The van der Waals surface area contributed by atoms with E-state index in [2.05, 4.69) is 37.7 Å². The summed E-state index contributed by atoms with van der Waals surface area (Å²) in [5, 5.41) is 0. The molecule has 1 rings (SSSR count). The van der Waals surface area contributed by atoms with Crippen molar-refractivity contribution >= 4 is 13.6 Å². The third kappa shape index (κ3) is 3.96. The Bertz CT molecular complexity index is 427. The molecule has 0 aliphatic carbocycles. The van der Waals surface area contributed by atoms with Crippen molar-refractivity contribution in [1.29, 1.82) is 0 Å². The van der Waals surface area contributed by atoms with Crippen molar-refractivity contribution in [3.8, 4) is 17.2 Å². The first kappa shape index (κ1) is 12.6. The number of methoxy groups -OCH3 is 1. The summed E-state index contributed by atoms with van der Waals surface area (Å²) in [5.74, 6) is 4.01. The number of benzene rings is 1. The average molecular weight is 230 g/mol. The SMILES string of the molecule is C=C(C#C[Si](C)(C)C)c1ccc(OC)cc1. The molecule has 1 aromatic rings. The van der Waals surface area contributed by atoms with E-state index in [1.807, 2.05) is 24.3 Å². The van der Waals surface area contributed by atoms with Gasteiger partial charge in [-0.15, -0.1) is 5.54 Å². The lowest BCUT2D eigenvalue weighted by Gasteiger charge is -2.05. The van der Waals surface area contributed by atoms with Crippen LogP contribution in [0.4, 0.5) is 0 Å². The molecule has 0 spiro atoms. The number of rotatable bonds is 2. The molecule has 0 atom stereocenters. The molecule has 16 heavy (non-hydrogen) atoms. The van der Waals surface area contributed by atoms with Crippen molar-refractivity contribution in [3.05, 3.63) is 36.4 Å². The van der Waals surface area contributed by atoms with Gasteiger partial charge in [0.25, 0.3) is 0 Å². The predicted molar refractivity (Wildman–Crippen MR) is 73.2 cm³/mol. The Labute approximate surface area is 99.2 Å². The minimum atomic E-state index is -1.32. The van der Waals surface area contributed by atoms with E-state index in [-0.39, 0.29) is 0 Å². The molecule has 0 aromatic heterocycles. The van der Waals surface area contributed by atoms with Crippen LogP contribution in [0, 0.1) is 11.5 Å². The zero-order valence-corrected chi connectivity index (χ0v) is 11.4. The second kappa shape index (κ2) is 5.04. The van der Waals surface area contributed by atoms with E-state index in [4.69, 9.17) is 4.74 Å². The van der Waals surface area contributed by atoms with Gasteiger partial charge in [0.15, 0.2) is 0 Å². The minimum Gasteiger partial charge on any atom is -0.497 e. The first-order chi connectivity index (χ1) is 7.42. The molecule has 0 amide bonds. The zero-order chi connectivity index (χ0) is 12.2. The summed E-state index contributed by atoms with van der Waals surface area (Å²) >= 11 is 0. The van der Waals surface area contributed by atoms with Crippen LogP contribution < -0.4 is 4.74 Å². The summed E-state index contributed by atoms with van der Waals surface area (Å²) in [6, 6.07) is 7.83. The molecule has 0 saturated heterocycles. The van der Waals surface area contributed by atoms with Crippen LogP contribution in [-0.2, 0) is 0 Å². The topological polar surface area (TPSA) is 9.23 Å². The number of hydrogen-bond donors (Lipinski definition) is 0. The Morgan fingerprint density at radius 3 is 2.19 bits per heavy atom. The van der Waals surface area contributed by atoms with Gasteiger partial charge in [0.05, 0.1) is 7.11 Å². The van der Waals surface area contributed by atoms with Crippen molar-refractivity contribution < 1.29 is 4.74 Å². The Morgan fingerprint density at radius 2 is 1.75 bits per heavy atom. The third-order valence-corrected chi connectivity index (χ3v) is 2.90. The van der Waals surface area contributed by atoms with Gasteiger partial charge in [0, 0.05) is 5.57 Å². The van der Waals surface area contributed by atoms with Crippen LogP contribution in [0.1, 0.15) is 5.56 Å². The fraction of sp³-hybridized carbons (Fsp3) is 0.286. The van der Waals surface area contributed by atoms with Gasteiger partial charge in [0.1, 0.15) is 13.8 Å². The Morgan fingerprint density at radius 1 is 1.19 bits per heavy atom. The summed E-state index contributed by atoms with van der Waals surface area (Å²) in [4.78, 5) is 0. The second-order valence-electron chi connectivity index (χ2n) is 4.71. The van der Waals surface area contributed by atoms with Crippen LogP contribution in [0.2, 0.25) is 19.6 Å². The lowest BCUT2D eigenvalue weighted by molar-refractivity contribution is 0.415. The molecule has 0 unspecified atom stereocenters. The molecule has 0 aliphatic rings. The van der Waals surface area contributed by atoms with E-state index in [1.165, 1.54) is 0 Å². The summed E-state index contributed by atoms with van der Waals surface area (Å²) in [6.07, 6.45) is 0. The van der Waals surface area contributed by atoms with Crippen LogP contribution in [0.5, 0.6) is 5.75 Å². The molecular formula is C14H18OSi. The highest BCUT2D eigenvalue weighted by Crippen LogP contribution is 2.16. The first-order valence-electron chi connectivity index (χ1n) is 5.29. The van der Waals surface area contributed by atoms with Crippen molar-refractivity contribution in [1.82, 2.24) is 0 Å². The van der Waals surface area contributed by atoms with E-state index >= 15 is 0 Å². The molecule has 84 valence electrons. The molecule has 0 N–H and O–H groups in total. The zero-order valence-electron chi connectivity index (χ0n) is 10.4. The lowest BCUT2D eigenvalue weighted by Crippen LogP contribution is -2.16. The minimum absolute atomic E-state index is 0.856. The maximum absolute atomic E-state index is 5.10. The predicted octanol–water partition coefficient (Wildman–Crippen LogP) is 3.59. The Kier molecular flexibility index (Phi) is 3.97. The molecule has 0 saturated carbocycles. The molecular weight excluding hydrogens is 212 g/mol. The lowest BCUT2D eigenvalue weighted by atomic mass is 10.1. The van der Waals surface area contributed by atoms with Crippen LogP contribution in [0.3, 0.4) is 0 Å². The van der Waals surface area contributed by atoms with Gasteiger partial charge in [0.2, 0.25) is 0 Å². The van der Waals surface area contributed by atoms with Gasteiger partial charge < -0.3 is 4.74 Å². The van der Waals surface area contributed by atoms with Gasteiger partial charge in [-0.05, 0) is 17.7 Å². The molecule has 1 aromatic carbocycles. The van der Waals surface area contributed by atoms with E-state index in [0.29, 0.717) is 0 Å². The number of hydrogen-bond acceptors (Lipinski definition) is 1. The highest BCUT2D eigenvalue weighted by atomic mass is 28.3. The number of allylic oxidation sites excluding steroid dienone is 1. The summed E-state index contributed by atoms with van der Waals surface area (Å²) in [7, 11) is 0.344. The van der Waals surface area contributed by atoms with Crippen LogP contribution in [0.15, 0.2) is 30.8 Å². The number of ether oxygens (including phenoxy) is 1. The van der Waals surface area contributed by atoms with Crippen molar-refractivity contribution in [2.24, 2.45) is 0 Å². The Hall–Kier alpha value is -1.46. The van der Waals surface area contributed by atoms with Crippen molar-refractivity contribution in [2.75, 3.05) is 7.11 Å². The fourth-order valence-corrected chi connectivity index (χ4v) is 1.65. The molecule has 0 heterocycles. The summed E-state index contributed by atoms with van der Waals surface area (Å²) < 4.78 is 5.10. The van der Waals surface area contributed by atoms with E-state index in [1.54, 1.807) is 7.11 Å². The normalized spacial score (nSPS) is 10.2. The fourth-order valence-electron chi connectivity index (χ4n) is 1.13. The maximum atomic E-state index is 5.10. The van der Waals surface area contributed by atoms with Gasteiger partial charge in [-0.3, -0.25) is 0 Å². The molecule has 2 heteroatoms. The second-order valence-corrected chi connectivity index (χ2v) is 9.46. The molecule has 0 aliphatic heterocycles. The van der Waals surface area contributed by atoms with Crippen LogP contribution >= 0.6 is 0 Å². The van der Waals surface area contributed by atoms with Crippen molar-refractivity contribution in [3.63, 3.8) is 0 Å².